The zero-order valence-electron chi connectivity index (χ0n) is 17.1. The lowest BCUT2D eigenvalue weighted by Crippen LogP contribution is -2.38. The minimum Gasteiger partial charge on any atom is -0.496 e. The molecule has 0 saturated heterocycles. The van der Waals surface area contributed by atoms with Gasteiger partial charge in [0.1, 0.15) is 5.75 Å². The summed E-state index contributed by atoms with van der Waals surface area (Å²) in [6.07, 6.45) is 8.98. The third kappa shape index (κ3) is 5.47. The Kier molecular flexibility index (Phi) is 7.06. The van der Waals surface area contributed by atoms with Gasteiger partial charge in [-0.25, -0.2) is 0 Å². The molecule has 3 rings (SSSR count). The van der Waals surface area contributed by atoms with E-state index in [2.05, 4.69) is 5.32 Å². The van der Waals surface area contributed by atoms with E-state index in [1.165, 1.54) is 25.3 Å². The molecule has 0 aliphatic heterocycles. The SMILES string of the molecule is COc1ccccc1C=CC(=O)Nc1ccc(C(=O)N(C)C2CCCCC2)cc1. The third-order valence-electron chi connectivity index (χ3n) is 5.40. The van der Waals surface area contributed by atoms with Gasteiger partial charge in [-0.05, 0) is 49.2 Å². The fraction of sp³-hybridized carbons (Fsp3) is 0.333. The van der Waals surface area contributed by atoms with Gasteiger partial charge in [-0.3, -0.25) is 9.59 Å². The summed E-state index contributed by atoms with van der Waals surface area (Å²) in [5.41, 5.74) is 2.12. The van der Waals surface area contributed by atoms with E-state index in [-0.39, 0.29) is 11.8 Å². The maximum atomic E-state index is 12.7. The number of ether oxygens (including phenoxy) is 1. The normalized spacial score (nSPS) is 14.6. The van der Waals surface area contributed by atoms with Crippen LogP contribution in [0.15, 0.2) is 54.6 Å². The van der Waals surface area contributed by atoms with Gasteiger partial charge in [0.25, 0.3) is 5.91 Å². The van der Waals surface area contributed by atoms with Gasteiger partial charge < -0.3 is 15.0 Å². The standard InChI is InChI=1S/C24H28N2O3/c1-26(21-9-4-3-5-10-21)24(28)19-12-15-20(16-13-19)25-23(27)17-14-18-8-6-7-11-22(18)29-2/h6-8,11-17,21H,3-5,9-10H2,1-2H3,(H,25,27). The first-order valence-electron chi connectivity index (χ1n) is 10.1. The quantitative estimate of drug-likeness (QED) is 0.722. The van der Waals surface area contributed by atoms with Crippen molar-refractivity contribution in [2.75, 3.05) is 19.5 Å². The van der Waals surface area contributed by atoms with Crippen molar-refractivity contribution in [3.63, 3.8) is 0 Å². The van der Waals surface area contributed by atoms with Crippen LogP contribution in [0.3, 0.4) is 0 Å². The van der Waals surface area contributed by atoms with Crippen LogP contribution in [0.25, 0.3) is 6.08 Å². The van der Waals surface area contributed by atoms with Crippen LogP contribution < -0.4 is 10.1 Å². The van der Waals surface area contributed by atoms with Crippen molar-refractivity contribution in [1.82, 2.24) is 4.90 Å². The van der Waals surface area contributed by atoms with Crippen LogP contribution in [0.1, 0.15) is 48.0 Å². The Morgan fingerprint density at radius 3 is 2.41 bits per heavy atom. The van der Waals surface area contributed by atoms with Crippen LogP contribution in [0, 0.1) is 0 Å². The predicted octanol–water partition coefficient (Wildman–Crippen LogP) is 4.75. The molecule has 1 N–H and O–H groups in total. The van der Waals surface area contributed by atoms with Gasteiger partial charge in [-0.1, -0.05) is 37.5 Å². The van der Waals surface area contributed by atoms with E-state index in [1.807, 2.05) is 36.2 Å². The summed E-state index contributed by atoms with van der Waals surface area (Å²) in [6.45, 7) is 0. The molecule has 152 valence electrons. The second-order valence-corrected chi connectivity index (χ2v) is 7.35. The van der Waals surface area contributed by atoms with E-state index in [9.17, 15) is 9.59 Å². The number of carbonyl (C=O) groups is 2. The lowest BCUT2D eigenvalue weighted by atomic mass is 9.94. The Morgan fingerprint density at radius 2 is 1.72 bits per heavy atom. The topological polar surface area (TPSA) is 58.6 Å². The van der Waals surface area contributed by atoms with E-state index in [4.69, 9.17) is 4.74 Å². The molecule has 0 radical (unpaired) electrons. The zero-order valence-corrected chi connectivity index (χ0v) is 17.1. The molecule has 5 nitrogen and oxygen atoms in total. The van der Waals surface area contributed by atoms with Crippen molar-refractivity contribution >= 4 is 23.6 Å². The second-order valence-electron chi connectivity index (χ2n) is 7.35. The van der Waals surface area contributed by atoms with Gasteiger partial charge in [0.15, 0.2) is 0 Å². The number of rotatable bonds is 6. The Labute approximate surface area is 172 Å². The number of anilines is 1. The first-order valence-corrected chi connectivity index (χ1v) is 10.1. The number of hydrogen-bond acceptors (Lipinski definition) is 3. The Morgan fingerprint density at radius 1 is 1.03 bits per heavy atom. The van der Waals surface area contributed by atoms with Crippen LogP contribution in [-0.2, 0) is 4.79 Å². The third-order valence-corrected chi connectivity index (χ3v) is 5.40. The molecule has 1 aliphatic rings. The zero-order chi connectivity index (χ0) is 20.6. The Bertz CT molecular complexity index is 868. The number of amides is 2. The first-order chi connectivity index (χ1) is 14.1. The second kappa shape index (κ2) is 9.92. The molecule has 0 atom stereocenters. The van der Waals surface area contributed by atoms with Crippen molar-refractivity contribution in [3.05, 3.63) is 65.7 Å². The van der Waals surface area contributed by atoms with Gasteiger partial charge in [0.05, 0.1) is 7.11 Å². The van der Waals surface area contributed by atoms with Crippen LogP contribution >= 0.6 is 0 Å². The molecule has 29 heavy (non-hydrogen) atoms. The van der Waals surface area contributed by atoms with E-state index in [0.717, 1.165) is 18.4 Å². The number of hydrogen-bond donors (Lipinski definition) is 1. The van der Waals surface area contributed by atoms with E-state index < -0.39 is 0 Å². The molecule has 0 unspecified atom stereocenters. The summed E-state index contributed by atoms with van der Waals surface area (Å²) in [7, 11) is 3.48. The average molecular weight is 392 g/mol. The minimum atomic E-state index is -0.241. The average Bonchev–Trinajstić information content (AvgIpc) is 2.78. The molecule has 2 amide bonds. The first kappa shape index (κ1) is 20.6. The summed E-state index contributed by atoms with van der Waals surface area (Å²) < 4.78 is 5.28. The number of nitrogens with one attached hydrogen (secondary N) is 1. The maximum Gasteiger partial charge on any atom is 0.253 e. The minimum absolute atomic E-state index is 0.0332. The highest BCUT2D eigenvalue weighted by atomic mass is 16.5. The molecule has 2 aromatic rings. The number of methoxy groups -OCH3 is 1. The fourth-order valence-corrected chi connectivity index (χ4v) is 3.69. The smallest absolute Gasteiger partial charge is 0.253 e. The summed E-state index contributed by atoms with van der Waals surface area (Å²) in [5, 5.41) is 2.82. The highest BCUT2D eigenvalue weighted by molar-refractivity contribution is 6.02. The van der Waals surface area contributed by atoms with Crippen molar-refractivity contribution in [2.24, 2.45) is 0 Å². The van der Waals surface area contributed by atoms with Gasteiger partial charge in [0.2, 0.25) is 5.91 Å². The van der Waals surface area contributed by atoms with Gasteiger partial charge in [-0.15, -0.1) is 0 Å². The predicted molar refractivity (Wildman–Crippen MR) is 116 cm³/mol. The van der Waals surface area contributed by atoms with Crippen molar-refractivity contribution in [3.8, 4) is 5.75 Å². The number of carbonyl (C=O) groups excluding carboxylic acids is 2. The van der Waals surface area contributed by atoms with Gasteiger partial charge in [0, 0.05) is 36.0 Å². The molecule has 1 saturated carbocycles. The van der Waals surface area contributed by atoms with Gasteiger partial charge >= 0.3 is 0 Å². The van der Waals surface area contributed by atoms with Crippen LogP contribution in [-0.4, -0.2) is 36.9 Å². The Balaban J connectivity index is 1.59. The Hall–Kier alpha value is -3.08. The maximum absolute atomic E-state index is 12.7. The number of benzene rings is 2. The fourth-order valence-electron chi connectivity index (χ4n) is 3.69. The molecule has 5 heteroatoms. The summed E-state index contributed by atoms with van der Waals surface area (Å²) in [4.78, 5) is 26.8. The molecule has 0 bridgehead atoms. The highest BCUT2D eigenvalue weighted by Crippen LogP contribution is 2.23. The van der Waals surface area contributed by atoms with Gasteiger partial charge in [-0.2, -0.15) is 0 Å². The molecule has 0 aromatic heterocycles. The molecular weight excluding hydrogens is 364 g/mol. The summed E-state index contributed by atoms with van der Waals surface area (Å²) in [6, 6.07) is 14.9. The molecular formula is C24H28N2O3. The van der Waals surface area contributed by atoms with Crippen LogP contribution in [0.2, 0.25) is 0 Å². The van der Waals surface area contributed by atoms with E-state index in [0.29, 0.717) is 23.0 Å². The van der Waals surface area contributed by atoms with Crippen LogP contribution in [0.5, 0.6) is 5.75 Å². The monoisotopic (exact) mass is 392 g/mol. The molecule has 1 aliphatic carbocycles. The number of nitrogens with zero attached hydrogens (tertiary/aromatic N) is 1. The van der Waals surface area contributed by atoms with E-state index >= 15 is 0 Å². The largest absolute Gasteiger partial charge is 0.496 e. The van der Waals surface area contributed by atoms with Crippen molar-refractivity contribution in [1.29, 1.82) is 0 Å². The molecule has 0 spiro atoms. The lowest BCUT2D eigenvalue weighted by Gasteiger charge is -2.31. The highest BCUT2D eigenvalue weighted by Gasteiger charge is 2.22. The van der Waals surface area contributed by atoms with E-state index in [1.54, 1.807) is 37.5 Å². The van der Waals surface area contributed by atoms with Crippen molar-refractivity contribution < 1.29 is 14.3 Å². The number of para-hydroxylation sites is 1. The summed E-state index contributed by atoms with van der Waals surface area (Å²) in [5.74, 6) is 0.502. The molecule has 2 aromatic carbocycles. The molecule has 1 fully saturated rings. The lowest BCUT2D eigenvalue weighted by molar-refractivity contribution is -0.111. The van der Waals surface area contributed by atoms with Crippen molar-refractivity contribution in [2.45, 2.75) is 38.1 Å². The summed E-state index contributed by atoms with van der Waals surface area (Å²) >= 11 is 0. The molecule has 0 heterocycles. The van der Waals surface area contributed by atoms with Crippen LogP contribution in [0.4, 0.5) is 5.69 Å².